The van der Waals surface area contributed by atoms with Crippen LogP contribution in [0.15, 0.2) is 0 Å². The van der Waals surface area contributed by atoms with Gasteiger partial charge in [0.2, 0.25) is 0 Å². The van der Waals surface area contributed by atoms with Gasteiger partial charge < -0.3 is 5.11 Å². The molecule has 0 amide bonds. The van der Waals surface area contributed by atoms with Crippen LogP contribution in [0.4, 0.5) is 13.2 Å². The van der Waals surface area contributed by atoms with Crippen LogP contribution in [-0.4, -0.2) is 17.9 Å². The van der Waals surface area contributed by atoms with Crippen molar-refractivity contribution in [2.45, 2.75) is 64.5 Å². The van der Waals surface area contributed by atoms with Crippen LogP contribution in [0.3, 0.4) is 0 Å². The number of aliphatic hydroxyl groups is 1. The highest BCUT2D eigenvalue weighted by Crippen LogP contribution is 2.29. The zero-order chi connectivity index (χ0) is 12.4. The predicted octanol–water partition coefficient (Wildman–Crippen LogP) is 4.30. The maximum Gasteiger partial charge on any atom is 0.394 e. The molecule has 16 heavy (non-hydrogen) atoms. The van der Waals surface area contributed by atoms with E-state index in [1.165, 1.54) is 19.3 Å². The van der Waals surface area contributed by atoms with Crippen molar-refractivity contribution in [2.24, 2.45) is 5.92 Å². The van der Waals surface area contributed by atoms with Gasteiger partial charge in [0.25, 0.3) is 0 Å². The third kappa shape index (κ3) is 7.97. The highest BCUT2D eigenvalue weighted by atomic mass is 19.4. The van der Waals surface area contributed by atoms with Crippen molar-refractivity contribution in [1.29, 1.82) is 0 Å². The molecule has 0 heterocycles. The Labute approximate surface area is 96.0 Å². The molecule has 1 unspecified atom stereocenters. The monoisotopic (exact) mass is 240 g/mol. The molecule has 0 aromatic rings. The highest BCUT2D eigenvalue weighted by molar-refractivity contribution is 4.66. The van der Waals surface area contributed by atoms with Crippen molar-refractivity contribution in [3.05, 3.63) is 0 Å². The third-order valence-electron chi connectivity index (χ3n) is 2.84. The summed E-state index contributed by atoms with van der Waals surface area (Å²) in [5, 5.41) is 8.61. The Morgan fingerprint density at radius 1 is 0.938 bits per heavy atom. The Bertz CT molecular complexity index is 157. The zero-order valence-electron chi connectivity index (χ0n) is 10.0. The van der Waals surface area contributed by atoms with E-state index in [2.05, 4.69) is 6.92 Å². The van der Waals surface area contributed by atoms with E-state index < -0.39 is 18.7 Å². The molecule has 0 aliphatic rings. The summed E-state index contributed by atoms with van der Waals surface area (Å²) in [4.78, 5) is 0. The smallest absolute Gasteiger partial charge is 0.394 e. The predicted molar refractivity (Wildman–Crippen MR) is 59.2 cm³/mol. The molecule has 0 saturated carbocycles. The van der Waals surface area contributed by atoms with E-state index in [4.69, 9.17) is 5.11 Å². The van der Waals surface area contributed by atoms with Crippen LogP contribution in [0, 0.1) is 5.92 Å². The van der Waals surface area contributed by atoms with Crippen LogP contribution >= 0.6 is 0 Å². The summed E-state index contributed by atoms with van der Waals surface area (Å²) in [5.74, 6) is -1.52. The normalized spacial score (nSPS) is 14.1. The minimum Gasteiger partial charge on any atom is -0.396 e. The van der Waals surface area contributed by atoms with Gasteiger partial charge >= 0.3 is 6.18 Å². The summed E-state index contributed by atoms with van der Waals surface area (Å²) in [7, 11) is 0. The maximum atomic E-state index is 12.2. The number of halogens is 3. The Morgan fingerprint density at radius 3 is 1.88 bits per heavy atom. The van der Waals surface area contributed by atoms with Gasteiger partial charge in [-0.05, 0) is 6.42 Å². The Balaban J connectivity index is 3.42. The molecular weight excluding hydrogens is 217 g/mol. The molecule has 0 aromatic carbocycles. The van der Waals surface area contributed by atoms with Crippen molar-refractivity contribution >= 4 is 0 Å². The van der Waals surface area contributed by atoms with Crippen LogP contribution in [-0.2, 0) is 0 Å². The molecule has 0 rings (SSSR count). The molecule has 0 aliphatic carbocycles. The fraction of sp³-hybridized carbons (Fsp3) is 1.00. The topological polar surface area (TPSA) is 20.2 Å². The highest BCUT2D eigenvalue weighted by Gasteiger charge is 2.38. The molecule has 1 nitrogen and oxygen atoms in total. The fourth-order valence-electron chi connectivity index (χ4n) is 1.71. The van der Waals surface area contributed by atoms with Gasteiger partial charge in [0.05, 0.1) is 12.5 Å². The van der Waals surface area contributed by atoms with Crippen LogP contribution in [0.25, 0.3) is 0 Å². The summed E-state index contributed by atoms with van der Waals surface area (Å²) in [6, 6.07) is 0. The lowest BCUT2D eigenvalue weighted by Crippen LogP contribution is -2.26. The molecule has 0 spiro atoms. The molecule has 0 aromatic heterocycles. The summed E-state index contributed by atoms with van der Waals surface area (Å²) < 4.78 is 36.7. The van der Waals surface area contributed by atoms with Crippen LogP contribution in [0.2, 0.25) is 0 Å². The lowest BCUT2D eigenvalue weighted by molar-refractivity contribution is -0.185. The molecule has 1 N–H and O–H groups in total. The first kappa shape index (κ1) is 15.8. The molecule has 0 radical (unpaired) electrons. The zero-order valence-corrected chi connectivity index (χ0v) is 10.0. The second-order valence-corrected chi connectivity index (χ2v) is 4.33. The number of hydrogen-bond donors (Lipinski definition) is 1. The van der Waals surface area contributed by atoms with Crippen LogP contribution < -0.4 is 0 Å². The van der Waals surface area contributed by atoms with Crippen molar-refractivity contribution in [3.8, 4) is 0 Å². The van der Waals surface area contributed by atoms with Gasteiger partial charge in [-0.3, -0.25) is 0 Å². The van der Waals surface area contributed by atoms with Gasteiger partial charge in [0.1, 0.15) is 0 Å². The van der Waals surface area contributed by atoms with Crippen LogP contribution in [0.5, 0.6) is 0 Å². The van der Waals surface area contributed by atoms with E-state index in [9.17, 15) is 13.2 Å². The first-order chi connectivity index (χ1) is 7.52. The fourth-order valence-corrected chi connectivity index (χ4v) is 1.71. The molecule has 0 aliphatic heterocycles. The lowest BCUT2D eigenvalue weighted by Gasteiger charge is -2.17. The van der Waals surface area contributed by atoms with Crippen molar-refractivity contribution in [2.75, 3.05) is 6.61 Å². The molecular formula is C12H23F3O. The summed E-state index contributed by atoms with van der Waals surface area (Å²) in [5.41, 5.74) is 0. The van der Waals surface area contributed by atoms with Gasteiger partial charge in [0, 0.05) is 0 Å². The number of rotatable bonds is 9. The molecule has 98 valence electrons. The first-order valence-corrected chi connectivity index (χ1v) is 6.20. The van der Waals surface area contributed by atoms with Gasteiger partial charge in [0.15, 0.2) is 0 Å². The van der Waals surface area contributed by atoms with E-state index in [-0.39, 0.29) is 6.42 Å². The largest absolute Gasteiger partial charge is 0.396 e. The lowest BCUT2D eigenvalue weighted by atomic mass is 10.0. The molecule has 1 atom stereocenters. The molecule has 4 heteroatoms. The van der Waals surface area contributed by atoms with Gasteiger partial charge in [-0.2, -0.15) is 13.2 Å². The summed E-state index contributed by atoms with van der Waals surface area (Å²) >= 11 is 0. The number of hydrogen-bond acceptors (Lipinski definition) is 1. The van der Waals surface area contributed by atoms with E-state index in [0.29, 0.717) is 6.42 Å². The number of alkyl halides is 3. The molecule has 0 fully saturated rings. The Morgan fingerprint density at radius 2 is 1.44 bits per heavy atom. The average Bonchev–Trinajstić information content (AvgIpc) is 2.20. The maximum absolute atomic E-state index is 12.2. The minimum absolute atomic E-state index is 0.0633. The Kier molecular flexibility index (Phi) is 8.71. The quantitative estimate of drug-likeness (QED) is 0.596. The van der Waals surface area contributed by atoms with Gasteiger partial charge in [-0.15, -0.1) is 0 Å². The summed E-state index contributed by atoms with van der Waals surface area (Å²) in [6.07, 6.45) is 2.93. The SMILES string of the molecule is CCCCCCCCCC(CO)C(F)(F)F. The van der Waals surface area contributed by atoms with Crippen molar-refractivity contribution < 1.29 is 18.3 Å². The second kappa shape index (κ2) is 8.85. The third-order valence-corrected chi connectivity index (χ3v) is 2.84. The van der Waals surface area contributed by atoms with Gasteiger partial charge in [-0.25, -0.2) is 0 Å². The van der Waals surface area contributed by atoms with Crippen LogP contribution in [0.1, 0.15) is 58.3 Å². The van der Waals surface area contributed by atoms with E-state index >= 15 is 0 Å². The molecule has 0 saturated heterocycles. The number of unbranched alkanes of at least 4 members (excludes halogenated alkanes) is 6. The summed E-state index contributed by atoms with van der Waals surface area (Å²) in [6.45, 7) is 1.36. The molecule has 0 bridgehead atoms. The van der Waals surface area contributed by atoms with Gasteiger partial charge in [-0.1, -0.05) is 51.9 Å². The standard InChI is InChI=1S/C12H23F3O/c1-2-3-4-5-6-7-8-9-11(10-16)12(13,14)15/h11,16H,2-10H2,1H3. The van der Waals surface area contributed by atoms with E-state index in [1.807, 2.05) is 0 Å². The van der Waals surface area contributed by atoms with E-state index in [0.717, 1.165) is 19.3 Å². The van der Waals surface area contributed by atoms with Crippen molar-refractivity contribution in [3.63, 3.8) is 0 Å². The Hall–Kier alpha value is -0.250. The minimum atomic E-state index is -4.24. The second-order valence-electron chi connectivity index (χ2n) is 4.33. The average molecular weight is 240 g/mol. The van der Waals surface area contributed by atoms with Crippen molar-refractivity contribution in [1.82, 2.24) is 0 Å². The van der Waals surface area contributed by atoms with E-state index in [1.54, 1.807) is 0 Å². The first-order valence-electron chi connectivity index (χ1n) is 6.20. The number of aliphatic hydroxyl groups excluding tert-OH is 1.